The second-order valence-electron chi connectivity index (χ2n) is 8.07. The summed E-state index contributed by atoms with van der Waals surface area (Å²) in [5, 5.41) is 23.9. The number of hydrogen-bond donors (Lipinski definition) is 3. The Morgan fingerprint density at radius 2 is 2.12 bits per heavy atom. The van der Waals surface area contributed by atoms with Crippen molar-refractivity contribution < 1.29 is 14.7 Å². The number of nitriles is 1. The summed E-state index contributed by atoms with van der Waals surface area (Å²) >= 11 is 0. The lowest BCUT2D eigenvalue weighted by Gasteiger charge is -2.61. The zero-order chi connectivity index (χ0) is 18.5. The maximum Gasteiger partial charge on any atom is 0.405 e. The first-order chi connectivity index (χ1) is 12.3. The molecular formula is C18H21N5O3. The van der Waals surface area contributed by atoms with Gasteiger partial charge in [0, 0.05) is 24.8 Å². The van der Waals surface area contributed by atoms with Gasteiger partial charge in [-0.1, -0.05) is 0 Å². The summed E-state index contributed by atoms with van der Waals surface area (Å²) in [6.45, 7) is 2.87. The van der Waals surface area contributed by atoms with Crippen LogP contribution < -0.4 is 15.5 Å². The van der Waals surface area contributed by atoms with Crippen molar-refractivity contribution in [2.75, 3.05) is 18.0 Å². The molecule has 2 amide bonds. The fraction of sp³-hybridized carbons (Fsp3) is 0.556. The van der Waals surface area contributed by atoms with Gasteiger partial charge in [0.15, 0.2) is 0 Å². The zero-order valence-electron chi connectivity index (χ0n) is 14.6. The van der Waals surface area contributed by atoms with Gasteiger partial charge >= 0.3 is 6.09 Å². The predicted octanol–water partition coefficient (Wildman–Crippen LogP) is 1.47. The Labute approximate surface area is 151 Å². The third kappa shape index (κ3) is 2.73. The molecule has 5 rings (SSSR count). The standard InChI is InChI=1S/C18H21N5O3/c1-17(22-16(25)26)2-3-23(10-17)14-4-12(8-19)20-9-13(14)15(24)21-18-5-11(6-18)7-18/h4,9,11,22H,2-3,5-7,10H2,1H3,(H,21,24)(H,25,26)/t11?,17-,18?/m0/s1. The molecule has 26 heavy (non-hydrogen) atoms. The van der Waals surface area contributed by atoms with Crippen LogP contribution in [0.4, 0.5) is 10.5 Å². The summed E-state index contributed by atoms with van der Waals surface area (Å²) < 4.78 is 0. The summed E-state index contributed by atoms with van der Waals surface area (Å²) in [6, 6.07) is 3.62. The number of aromatic nitrogens is 1. The van der Waals surface area contributed by atoms with E-state index in [1.54, 1.807) is 6.07 Å². The van der Waals surface area contributed by atoms with Crippen LogP contribution in [0.3, 0.4) is 0 Å². The van der Waals surface area contributed by atoms with E-state index in [0.29, 0.717) is 30.8 Å². The van der Waals surface area contributed by atoms with Crippen LogP contribution in [0.2, 0.25) is 0 Å². The van der Waals surface area contributed by atoms with E-state index in [9.17, 15) is 14.9 Å². The van der Waals surface area contributed by atoms with Gasteiger partial charge in [0.2, 0.25) is 0 Å². The minimum Gasteiger partial charge on any atom is -0.465 e. The summed E-state index contributed by atoms with van der Waals surface area (Å²) in [5.74, 6) is 0.588. The molecule has 1 saturated heterocycles. The number of amides is 2. The molecule has 0 radical (unpaired) electrons. The molecule has 1 aliphatic heterocycles. The van der Waals surface area contributed by atoms with Gasteiger partial charge in [-0.15, -0.1) is 0 Å². The van der Waals surface area contributed by atoms with Crippen LogP contribution in [0.1, 0.15) is 48.7 Å². The monoisotopic (exact) mass is 355 g/mol. The second kappa shape index (κ2) is 5.59. The van der Waals surface area contributed by atoms with E-state index in [1.807, 2.05) is 17.9 Å². The second-order valence-corrected chi connectivity index (χ2v) is 8.07. The Hall–Kier alpha value is -2.82. The smallest absolute Gasteiger partial charge is 0.405 e. The van der Waals surface area contributed by atoms with E-state index in [2.05, 4.69) is 15.6 Å². The molecular weight excluding hydrogens is 334 g/mol. The molecule has 0 spiro atoms. The lowest BCUT2D eigenvalue weighted by atomic mass is 9.50. The fourth-order valence-corrected chi connectivity index (χ4v) is 4.41. The average Bonchev–Trinajstić information content (AvgIpc) is 2.89. The van der Waals surface area contributed by atoms with E-state index >= 15 is 0 Å². The van der Waals surface area contributed by atoms with Crippen molar-refractivity contribution in [1.29, 1.82) is 5.26 Å². The van der Waals surface area contributed by atoms with Crippen LogP contribution >= 0.6 is 0 Å². The molecule has 1 aromatic heterocycles. The third-order valence-corrected chi connectivity index (χ3v) is 5.88. The molecule has 4 fully saturated rings. The maximum atomic E-state index is 12.8. The van der Waals surface area contributed by atoms with Gasteiger partial charge in [-0.05, 0) is 44.6 Å². The molecule has 2 bridgehead atoms. The largest absolute Gasteiger partial charge is 0.465 e. The molecule has 8 heteroatoms. The van der Waals surface area contributed by atoms with E-state index in [-0.39, 0.29) is 17.1 Å². The Balaban J connectivity index is 1.59. The van der Waals surface area contributed by atoms with Crippen molar-refractivity contribution in [3.63, 3.8) is 0 Å². The van der Waals surface area contributed by atoms with Crippen LogP contribution in [-0.4, -0.2) is 46.3 Å². The lowest BCUT2D eigenvalue weighted by molar-refractivity contribution is -0.0438. The van der Waals surface area contributed by atoms with E-state index in [0.717, 1.165) is 25.2 Å². The Morgan fingerprint density at radius 3 is 2.69 bits per heavy atom. The van der Waals surface area contributed by atoms with Gasteiger partial charge in [-0.2, -0.15) is 5.26 Å². The summed E-state index contributed by atoms with van der Waals surface area (Å²) in [4.78, 5) is 29.9. The van der Waals surface area contributed by atoms with E-state index < -0.39 is 11.6 Å². The maximum absolute atomic E-state index is 12.8. The highest BCUT2D eigenvalue weighted by Gasteiger charge is 2.57. The number of rotatable bonds is 4. The van der Waals surface area contributed by atoms with Crippen molar-refractivity contribution in [2.24, 2.45) is 5.92 Å². The van der Waals surface area contributed by atoms with Crippen LogP contribution in [0.5, 0.6) is 0 Å². The van der Waals surface area contributed by atoms with Crippen molar-refractivity contribution in [1.82, 2.24) is 15.6 Å². The first-order valence-corrected chi connectivity index (χ1v) is 8.80. The van der Waals surface area contributed by atoms with Gasteiger partial charge in [-0.25, -0.2) is 9.78 Å². The number of carbonyl (C=O) groups excluding carboxylic acids is 1. The molecule has 136 valence electrons. The number of pyridine rings is 1. The topological polar surface area (TPSA) is 118 Å². The molecule has 3 aliphatic carbocycles. The van der Waals surface area contributed by atoms with Crippen LogP contribution in [0, 0.1) is 17.2 Å². The van der Waals surface area contributed by atoms with Crippen LogP contribution in [0.15, 0.2) is 12.3 Å². The quantitative estimate of drug-likeness (QED) is 0.753. The van der Waals surface area contributed by atoms with Crippen molar-refractivity contribution in [3.8, 4) is 6.07 Å². The summed E-state index contributed by atoms with van der Waals surface area (Å²) in [5.41, 5.74) is 0.674. The average molecular weight is 355 g/mol. The van der Waals surface area contributed by atoms with Crippen molar-refractivity contribution >= 4 is 17.7 Å². The third-order valence-electron chi connectivity index (χ3n) is 5.88. The molecule has 0 unspecified atom stereocenters. The lowest BCUT2D eigenvalue weighted by Crippen LogP contribution is -2.68. The van der Waals surface area contributed by atoms with Gasteiger partial charge in [0.1, 0.15) is 11.8 Å². The van der Waals surface area contributed by atoms with Gasteiger partial charge < -0.3 is 20.6 Å². The minimum atomic E-state index is -1.07. The molecule has 1 atom stereocenters. The predicted molar refractivity (Wildman–Crippen MR) is 92.9 cm³/mol. The summed E-state index contributed by atoms with van der Waals surface area (Å²) in [6.07, 6.45) is 4.14. The van der Waals surface area contributed by atoms with Crippen LogP contribution in [0.25, 0.3) is 0 Å². The Kier molecular flexibility index (Phi) is 3.58. The highest BCUT2D eigenvalue weighted by atomic mass is 16.4. The molecule has 3 saturated carbocycles. The number of nitrogens with one attached hydrogen (secondary N) is 2. The van der Waals surface area contributed by atoms with Gasteiger partial charge in [-0.3, -0.25) is 4.79 Å². The number of anilines is 1. The molecule has 0 aromatic carbocycles. The van der Waals surface area contributed by atoms with Crippen LogP contribution in [-0.2, 0) is 0 Å². The fourth-order valence-electron chi connectivity index (χ4n) is 4.41. The SMILES string of the molecule is C[C@]1(NC(=O)O)CCN(c2cc(C#N)ncc2C(=O)NC23CC(C2)C3)C1. The number of carboxylic acid groups (broad SMARTS) is 1. The molecule has 4 aliphatic rings. The zero-order valence-corrected chi connectivity index (χ0v) is 14.6. The van der Waals surface area contributed by atoms with E-state index in [1.165, 1.54) is 6.20 Å². The summed E-state index contributed by atoms with van der Waals surface area (Å²) in [7, 11) is 0. The minimum absolute atomic E-state index is 0.0443. The highest BCUT2D eigenvalue weighted by Crippen LogP contribution is 2.57. The molecule has 8 nitrogen and oxygen atoms in total. The molecule has 3 N–H and O–H groups in total. The van der Waals surface area contributed by atoms with E-state index in [4.69, 9.17) is 5.11 Å². The van der Waals surface area contributed by atoms with Crippen molar-refractivity contribution in [2.45, 2.75) is 43.7 Å². The molecule has 1 aromatic rings. The molecule has 2 heterocycles. The first kappa shape index (κ1) is 16.6. The normalized spacial score (nSPS) is 31.4. The number of hydrogen-bond acceptors (Lipinski definition) is 5. The van der Waals surface area contributed by atoms with Crippen molar-refractivity contribution in [3.05, 3.63) is 23.5 Å². The Bertz CT molecular complexity index is 816. The first-order valence-electron chi connectivity index (χ1n) is 8.80. The van der Waals surface area contributed by atoms with Gasteiger partial charge in [0.25, 0.3) is 5.91 Å². The number of nitrogens with zero attached hydrogens (tertiary/aromatic N) is 3. The number of carbonyl (C=O) groups is 2. The van der Waals surface area contributed by atoms with Gasteiger partial charge in [0.05, 0.1) is 16.8 Å². The Morgan fingerprint density at radius 1 is 1.38 bits per heavy atom. The highest BCUT2D eigenvalue weighted by molar-refractivity contribution is 6.00.